The van der Waals surface area contributed by atoms with Crippen LogP contribution in [0.5, 0.6) is 5.88 Å². The largest absolute Gasteiger partial charge is 0.494 e. The summed E-state index contributed by atoms with van der Waals surface area (Å²) in [4.78, 5) is 26.2. The molecule has 0 saturated heterocycles. The van der Waals surface area contributed by atoms with Gasteiger partial charge in [0.15, 0.2) is 0 Å². The minimum Gasteiger partial charge on any atom is -0.494 e. The molecule has 1 aromatic heterocycles. The smallest absolute Gasteiger partial charge is 0.331 e. The maximum absolute atomic E-state index is 12.0. The Morgan fingerprint density at radius 1 is 1.38 bits per heavy atom. The van der Waals surface area contributed by atoms with Crippen LogP contribution < -0.4 is 11.2 Å². The van der Waals surface area contributed by atoms with Gasteiger partial charge < -0.3 is 5.11 Å². The summed E-state index contributed by atoms with van der Waals surface area (Å²) < 4.78 is 1.21. The second-order valence-corrected chi connectivity index (χ2v) is 5.41. The molecule has 0 amide bonds. The second kappa shape index (κ2) is 6.18. The predicted molar refractivity (Wildman–Crippen MR) is 83.1 cm³/mol. The first-order valence-corrected chi connectivity index (χ1v) is 7.17. The Balaban J connectivity index is 2.70. The lowest BCUT2D eigenvalue weighted by atomic mass is 10.1. The topological polar surface area (TPSA) is 75.1 Å². The predicted octanol–water partition coefficient (Wildman–Crippen LogP) is 2.92. The van der Waals surface area contributed by atoms with Gasteiger partial charge in [0.05, 0.1) is 0 Å². The summed E-state index contributed by atoms with van der Waals surface area (Å²) >= 11 is 5.92. The lowest BCUT2D eigenvalue weighted by molar-refractivity contribution is 0.363. The molecule has 0 spiro atoms. The van der Waals surface area contributed by atoms with Crippen molar-refractivity contribution in [2.24, 2.45) is 0 Å². The van der Waals surface area contributed by atoms with E-state index in [1.807, 2.05) is 13.8 Å². The molecule has 21 heavy (non-hydrogen) atoms. The number of nitrogens with zero attached hydrogens (tertiary/aromatic N) is 1. The number of H-pyrrole nitrogens is 1. The van der Waals surface area contributed by atoms with E-state index >= 15 is 0 Å². The first-order chi connectivity index (χ1) is 9.95. The number of hydrogen-bond donors (Lipinski definition) is 2. The molecule has 2 N–H and O–H groups in total. The van der Waals surface area contributed by atoms with Gasteiger partial charge in [0.2, 0.25) is 5.88 Å². The fourth-order valence-electron chi connectivity index (χ4n) is 2.40. The van der Waals surface area contributed by atoms with Gasteiger partial charge in [-0.15, -0.1) is 0 Å². The zero-order valence-corrected chi connectivity index (χ0v) is 12.6. The molecule has 112 valence electrons. The zero-order chi connectivity index (χ0) is 15.6. The van der Waals surface area contributed by atoms with Crippen LogP contribution in [0, 0.1) is 0 Å². The average molecular weight is 309 g/mol. The van der Waals surface area contributed by atoms with Crippen LogP contribution in [0.4, 0.5) is 0 Å². The van der Waals surface area contributed by atoms with E-state index in [-0.39, 0.29) is 17.5 Å². The third-order valence-corrected chi connectivity index (χ3v) is 3.61. The van der Waals surface area contributed by atoms with Crippen molar-refractivity contribution in [3.8, 4) is 17.0 Å². The molecular formula is C15H17ClN2O3. The van der Waals surface area contributed by atoms with Gasteiger partial charge in [0, 0.05) is 11.1 Å². The molecule has 0 saturated carbocycles. The number of hydrogen-bond acceptors (Lipinski definition) is 3. The fraction of sp³-hybridized carbons (Fsp3) is 0.333. The molecular weight excluding hydrogens is 292 g/mol. The highest BCUT2D eigenvalue weighted by molar-refractivity contribution is 6.30. The lowest BCUT2D eigenvalue weighted by Gasteiger charge is -2.17. The Kier molecular flexibility index (Phi) is 4.53. The van der Waals surface area contributed by atoms with E-state index in [9.17, 15) is 14.7 Å². The quantitative estimate of drug-likeness (QED) is 0.912. The van der Waals surface area contributed by atoms with Crippen LogP contribution in [0.2, 0.25) is 5.02 Å². The maximum Gasteiger partial charge on any atom is 0.331 e. The van der Waals surface area contributed by atoms with Crippen molar-refractivity contribution in [2.75, 3.05) is 0 Å². The third kappa shape index (κ3) is 3.03. The number of aromatic nitrogens is 2. The number of halogens is 1. The summed E-state index contributed by atoms with van der Waals surface area (Å²) in [6.45, 7) is 3.81. The van der Waals surface area contributed by atoms with E-state index in [1.54, 1.807) is 24.3 Å². The van der Waals surface area contributed by atoms with Gasteiger partial charge in [-0.3, -0.25) is 14.3 Å². The van der Waals surface area contributed by atoms with Crippen LogP contribution in [0.1, 0.15) is 32.7 Å². The molecule has 1 heterocycles. The van der Waals surface area contributed by atoms with Crippen molar-refractivity contribution < 1.29 is 5.11 Å². The highest BCUT2D eigenvalue weighted by Crippen LogP contribution is 2.28. The highest BCUT2D eigenvalue weighted by atomic mass is 35.5. The van der Waals surface area contributed by atoms with Crippen molar-refractivity contribution in [2.45, 2.75) is 32.7 Å². The molecule has 0 aliphatic carbocycles. The molecule has 0 aliphatic rings. The van der Waals surface area contributed by atoms with Crippen LogP contribution in [-0.2, 0) is 0 Å². The zero-order valence-electron chi connectivity index (χ0n) is 11.9. The molecule has 0 radical (unpaired) electrons. The van der Waals surface area contributed by atoms with Gasteiger partial charge in [0.25, 0.3) is 5.56 Å². The van der Waals surface area contributed by atoms with Gasteiger partial charge in [-0.25, -0.2) is 4.79 Å². The first kappa shape index (κ1) is 15.4. The lowest BCUT2D eigenvalue weighted by Crippen LogP contribution is -2.32. The van der Waals surface area contributed by atoms with Gasteiger partial charge in [-0.2, -0.15) is 0 Å². The number of benzene rings is 1. The van der Waals surface area contributed by atoms with Crippen molar-refractivity contribution in [1.29, 1.82) is 0 Å². The standard InChI is InChI=1S/C15H17ClN2O3/c1-3-5-9(2)18-14(20)12(13(19)17-15(18)21)10-6-4-7-11(16)8-10/h4,6-9,20H,3,5H2,1-2H3,(H,17,19,21). The highest BCUT2D eigenvalue weighted by Gasteiger charge is 2.19. The first-order valence-electron chi connectivity index (χ1n) is 6.79. The number of aromatic hydroxyl groups is 1. The summed E-state index contributed by atoms with van der Waals surface area (Å²) in [5, 5.41) is 10.8. The van der Waals surface area contributed by atoms with Crippen LogP contribution in [-0.4, -0.2) is 14.7 Å². The van der Waals surface area contributed by atoms with Crippen molar-refractivity contribution >= 4 is 11.6 Å². The molecule has 0 fully saturated rings. The summed E-state index contributed by atoms with van der Waals surface area (Å²) in [7, 11) is 0. The van der Waals surface area contributed by atoms with Crippen molar-refractivity contribution in [3.05, 3.63) is 50.1 Å². The van der Waals surface area contributed by atoms with Gasteiger partial charge in [-0.1, -0.05) is 37.1 Å². The van der Waals surface area contributed by atoms with E-state index in [0.717, 1.165) is 6.42 Å². The molecule has 2 aromatic rings. The SMILES string of the molecule is CCCC(C)n1c(O)c(-c2cccc(Cl)c2)c(=O)[nH]c1=O. The molecule has 5 nitrogen and oxygen atoms in total. The number of nitrogens with one attached hydrogen (secondary N) is 1. The van der Waals surface area contributed by atoms with Crippen LogP contribution in [0.25, 0.3) is 11.1 Å². The average Bonchev–Trinajstić information content (AvgIpc) is 2.38. The second-order valence-electron chi connectivity index (χ2n) is 4.98. The molecule has 1 aromatic carbocycles. The van der Waals surface area contributed by atoms with Crippen LogP contribution in [0.3, 0.4) is 0 Å². The number of rotatable bonds is 4. The summed E-state index contributed by atoms with van der Waals surface area (Å²) in [5.41, 5.74) is -0.706. The van der Waals surface area contributed by atoms with E-state index in [0.29, 0.717) is 17.0 Å². The Labute approximate surface area is 126 Å². The van der Waals surface area contributed by atoms with Gasteiger partial charge >= 0.3 is 5.69 Å². The fourth-order valence-corrected chi connectivity index (χ4v) is 2.59. The summed E-state index contributed by atoms with van der Waals surface area (Å²) in [6.07, 6.45) is 1.58. The Hall–Kier alpha value is -2.01. The van der Waals surface area contributed by atoms with E-state index in [2.05, 4.69) is 4.98 Å². The maximum atomic E-state index is 12.0. The van der Waals surface area contributed by atoms with Crippen molar-refractivity contribution in [1.82, 2.24) is 9.55 Å². The summed E-state index contributed by atoms with van der Waals surface area (Å²) in [6, 6.07) is 6.38. The van der Waals surface area contributed by atoms with Crippen LogP contribution >= 0.6 is 11.6 Å². The van der Waals surface area contributed by atoms with Gasteiger partial charge in [0.1, 0.15) is 5.56 Å². The molecule has 0 bridgehead atoms. The van der Waals surface area contributed by atoms with Crippen molar-refractivity contribution in [3.63, 3.8) is 0 Å². The monoisotopic (exact) mass is 308 g/mol. The van der Waals surface area contributed by atoms with E-state index in [1.165, 1.54) is 4.57 Å². The normalized spacial score (nSPS) is 12.3. The molecule has 2 rings (SSSR count). The minimum absolute atomic E-state index is 0.0556. The summed E-state index contributed by atoms with van der Waals surface area (Å²) in [5.74, 6) is -0.327. The van der Waals surface area contributed by atoms with Gasteiger partial charge in [-0.05, 0) is 31.0 Å². The number of aromatic amines is 1. The Morgan fingerprint density at radius 2 is 2.10 bits per heavy atom. The Morgan fingerprint density at radius 3 is 2.71 bits per heavy atom. The van der Waals surface area contributed by atoms with Crippen LogP contribution in [0.15, 0.2) is 33.9 Å². The molecule has 0 aliphatic heterocycles. The Bertz CT molecular complexity index is 764. The minimum atomic E-state index is -0.625. The molecule has 6 heteroatoms. The third-order valence-electron chi connectivity index (χ3n) is 3.38. The molecule has 1 atom stereocenters. The molecule has 1 unspecified atom stereocenters. The van der Waals surface area contributed by atoms with E-state index < -0.39 is 11.2 Å². The van der Waals surface area contributed by atoms with E-state index in [4.69, 9.17) is 11.6 Å².